The van der Waals surface area contributed by atoms with E-state index < -0.39 is 0 Å². The molecule has 68 valence electrons. The molecule has 0 aliphatic rings. The van der Waals surface area contributed by atoms with Crippen LogP contribution in [0.3, 0.4) is 0 Å². The molecule has 0 aromatic rings. The summed E-state index contributed by atoms with van der Waals surface area (Å²) in [6.07, 6.45) is 8.03. The number of alkyl halides is 1. The molecule has 11 heavy (non-hydrogen) atoms. The third-order valence-corrected chi connectivity index (χ3v) is 2.40. The first-order valence-corrected chi connectivity index (χ1v) is 5.40. The maximum atomic E-state index is 5.61. The van der Waals surface area contributed by atoms with E-state index in [4.69, 9.17) is 11.6 Å². The van der Waals surface area contributed by atoms with E-state index in [-0.39, 0.29) is 0 Å². The van der Waals surface area contributed by atoms with Gasteiger partial charge in [-0.1, -0.05) is 39.5 Å². The summed E-state index contributed by atoms with van der Waals surface area (Å²) in [5.74, 6) is 1.72. The molecule has 1 heteroatoms. The van der Waals surface area contributed by atoms with Crippen LogP contribution in [0.25, 0.3) is 0 Å². The SMILES string of the molecule is CCCCCC(C)CCCCl. The molecule has 0 amide bonds. The van der Waals surface area contributed by atoms with E-state index in [1.165, 1.54) is 38.5 Å². The van der Waals surface area contributed by atoms with E-state index in [0.29, 0.717) is 0 Å². The van der Waals surface area contributed by atoms with Crippen molar-refractivity contribution in [2.24, 2.45) is 5.92 Å². The molecule has 0 N–H and O–H groups in total. The van der Waals surface area contributed by atoms with Crippen molar-refractivity contribution in [1.29, 1.82) is 0 Å². The van der Waals surface area contributed by atoms with Gasteiger partial charge >= 0.3 is 0 Å². The van der Waals surface area contributed by atoms with Gasteiger partial charge in [0.25, 0.3) is 0 Å². The Hall–Kier alpha value is 0.290. The minimum Gasteiger partial charge on any atom is -0.127 e. The summed E-state index contributed by atoms with van der Waals surface area (Å²) in [4.78, 5) is 0. The van der Waals surface area contributed by atoms with Gasteiger partial charge < -0.3 is 0 Å². The first kappa shape index (κ1) is 11.3. The van der Waals surface area contributed by atoms with Crippen LogP contribution >= 0.6 is 11.6 Å². The molecule has 0 rings (SSSR count). The molecule has 0 aliphatic heterocycles. The second-order valence-electron chi connectivity index (χ2n) is 3.43. The smallest absolute Gasteiger partial charge is 0.0223 e. The Morgan fingerprint density at radius 2 is 1.73 bits per heavy atom. The third-order valence-electron chi connectivity index (χ3n) is 2.13. The Bertz CT molecular complexity index is 71.3. The van der Waals surface area contributed by atoms with Crippen LogP contribution in [0.15, 0.2) is 0 Å². The van der Waals surface area contributed by atoms with Gasteiger partial charge in [-0.2, -0.15) is 0 Å². The molecule has 1 unspecified atom stereocenters. The summed E-state index contributed by atoms with van der Waals surface area (Å²) in [5.41, 5.74) is 0. The summed E-state index contributed by atoms with van der Waals surface area (Å²) in [7, 11) is 0. The number of hydrogen-bond acceptors (Lipinski definition) is 0. The Morgan fingerprint density at radius 1 is 1.09 bits per heavy atom. The van der Waals surface area contributed by atoms with Crippen molar-refractivity contribution in [3.05, 3.63) is 0 Å². The van der Waals surface area contributed by atoms with E-state index in [1.807, 2.05) is 0 Å². The van der Waals surface area contributed by atoms with Crippen LogP contribution in [0, 0.1) is 5.92 Å². The van der Waals surface area contributed by atoms with E-state index >= 15 is 0 Å². The average molecular weight is 177 g/mol. The van der Waals surface area contributed by atoms with Gasteiger partial charge in [-0.3, -0.25) is 0 Å². The molecule has 0 aromatic carbocycles. The molecule has 1 atom stereocenters. The fourth-order valence-electron chi connectivity index (χ4n) is 1.31. The number of hydrogen-bond donors (Lipinski definition) is 0. The molecule has 0 bridgehead atoms. The predicted molar refractivity (Wildman–Crippen MR) is 53.3 cm³/mol. The van der Waals surface area contributed by atoms with E-state index in [2.05, 4.69) is 13.8 Å². The Morgan fingerprint density at radius 3 is 2.27 bits per heavy atom. The monoisotopic (exact) mass is 176 g/mol. The molecule has 0 aliphatic carbocycles. The van der Waals surface area contributed by atoms with Crippen molar-refractivity contribution in [3.63, 3.8) is 0 Å². The van der Waals surface area contributed by atoms with Crippen molar-refractivity contribution >= 4 is 11.6 Å². The molecular weight excluding hydrogens is 156 g/mol. The fourth-order valence-corrected chi connectivity index (χ4v) is 1.47. The van der Waals surface area contributed by atoms with Crippen LogP contribution < -0.4 is 0 Å². The molecule has 0 fully saturated rings. The van der Waals surface area contributed by atoms with Gasteiger partial charge in [0, 0.05) is 5.88 Å². The fraction of sp³-hybridized carbons (Fsp3) is 1.00. The predicted octanol–water partition coefficient (Wildman–Crippen LogP) is 4.22. The number of unbranched alkanes of at least 4 members (excludes halogenated alkanes) is 2. The van der Waals surface area contributed by atoms with Gasteiger partial charge in [-0.15, -0.1) is 11.6 Å². The lowest BCUT2D eigenvalue weighted by atomic mass is 9.99. The van der Waals surface area contributed by atoms with Crippen molar-refractivity contribution in [1.82, 2.24) is 0 Å². The van der Waals surface area contributed by atoms with Crippen molar-refractivity contribution < 1.29 is 0 Å². The van der Waals surface area contributed by atoms with Crippen LogP contribution in [0.4, 0.5) is 0 Å². The highest BCUT2D eigenvalue weighted by atomic mass is 35.5. The topological polar surface area (TPSA) is 0 Å². The van der Waals surface area contributed by atoms with Crippen LogP contribution in [0.5, 0.6) is 0 Å². The molecule has 0 nitrogen and oxygen atoms in total. The largest absolute Gasteiger partial charge is 0.127 e. The summed E-state index contributed by atoms with van der Waals surface area (Å²) < 4.78 is 0. The molecule has 0 heterocycles. The molecular formula is C10H21Cl. The van der Waals surface area contributed by atoms with E-state index in [1.54, 1.807) is 0 Å². The highest BCUT2D eigenvalue weighted by molar-refractivity contribution is 6.17. The summed E-state index contributed by atoms with van der Waals surface area (Å²) >= 11 is 5.61. The van der Waals surface area contributed by atoms with E-state index in [0.717, 1.165) is 11.8 Å². The highest BCUT2D eigenvalue weighted by Gasteiger charge is 1.99. The second-order valence-corrected chi connectivity index (χ2v) is 3.81. The average Bonchev–Trinajstić information content (AvgIpc) is 2.01. The molecule has 0 aromatic heterocycles. The van der Waals surface area contributed by atoms with Gasteiger partial charge in [-0.25, -0.2) is 0 Å². The number of rotatable bonds is 7. The Kier molecular flexibility index (Phi) is 8.61. The minimum atomic E-state index is 0.831. The maximum Gasteiger partial charge on any atom is 0.0223 e. The standard InChI is InChI=1S/C10H21Cl/c1-3-4-5-7-10(2)8-6-9-11/h10H,3-9H2,1-2H3. The lowest BCUT2D eigenvalue weighted by Gasteiger charge is -2.08. The first-order chi connectivity index (χ1) is 5.31. The third kappa shape index (κ3) is 8.19. The lowest BCUT2D eigenvalue weighted by Crippen LogP contribution is -1.94. The van der Waals surface area contributed by atoms with Crippen molar-refractivity contribution in [3.8, 4) is 0 Å². The van der Waals surface area contributed by atoms with Gasteiger partial charge in [-0.05, 0) is 18.8 Å². The quantitative estimate of drug-likeness (QED) is 0.403. The highest BCUT2D eigenvalue weighted by Crippen LogP contribution is 2.14. The molecule has 0 saturated heterocycles. The van der Waals surface area contributed by atoms with Crippen LogP contribution in [0.2, 0.25) is 0 Å². The summed E-state index contributed by atoms with van der Waals surface area (Å²) in [6, 6.07) is 0. The van der Waals surface area contributed by atoms with Gasteiger partial charge in [0.15, 0.2) is 0 Å². The molecule has 0 saturated carbocycles. The van der Waals surface area contributed by atoms with Crippen molar-refractivity contribution in [2.45, 2.75) is 52.4 Å². The maximum absolute atomic E-state index is 5.61. The summed E-state index contributed by atoms with van der Waals surface area (Å²) in [5, 5.41) is 0. The van der Waals surface area contributed by atoms with Crippen LogP contribution in [-0.2, 0) is 0 Å². The zero-order chi connectivity index (χ0) is 8.53. The number of halogens is 1. The van der Waals surface area contributed by atoms with E-state index in [9.17, 15) is 0 Å². The summed E-state index contributed by atoms with van der Waals surface area (Å²) in [6.45, 7) is 4.59. The molecule has 0 spiro atoms. The normalized spacial score (nSPS) is 13.4. The first-order valence-electron chi connectivity index (χ1n) is 4.87. The van der Waals surface area contributed by atoms with Gasteiger partial charge in [0.2, 0.25) is 0 Å². The van der Waals surface area contributed by atoms with Gasteiger partial charge in [0.1, 0.15) is 0 Å². The van der Waals surface area contributed by atoms with Gasteiger partial charge in [0.05, 0.1) is 0 Å². The lowest BCUT2D eigenvalue weighted by molar-refractivity contribution is 0.460. The Labute approximate surface area is 76.3 Å². The van der Waals surface area contributed by atoms with Crippen LogP contribution in [-0.4, -0.2) is 5.88 Å². The minimum absolute atomic E-state index is 0.831. The van der Waals surface area contributed by atoms with Crippen LogP contribution in [0.1, 0.15) is 52.4 Å². The second kappa shape index (κ2) is 8.39. The zero-order valence-corrected chi connectivity index (χ0v) is 8.66. The van der Waals surface area contributed by atoms with Crippen molar-refractivity contribution in [2.75, 3.05) is 5.88 Å². The zero-order valence-electron chi connectivity index (χ0n) is 7.91. The Balaban J connectivity index is 3.02. The molecule has 0 radical (unpaired) electrons.